The summed E-state index contributed by atoms with van der Waals surface area (Å²) < 4.78 is 0. The Kier molecular flexibility index (Phi) is 5.47. The summed E-state index contributed by atoms with van der Waals surface area (Å²) >= 11 is 0. The van der Waals surface area contributed by atoms with Crippen molar-refractivity contribution in [2.24, 2.45) is 5.73 Å². The van der Waals surface area contributed by atoms with Crippen molar-refractivity contribution in [3.8, 4) is 22.8 Å². The summed E-state index contributed by atoms with van der Waals surface area (Å²) in [6, 6.07) is 18.4. The summed E-state index contributed by atoms with van der Waals surface area (Å²) in [4.78, 5) is 33.4. The van der Waals surface area contributed by atoms with Crippen LogP contribution in [-0.2, 0) is 11.2 Å². The Balaban J connectivity index is 1.52. The molecule has 1 unspecified atom stereocenters. The zero-order chi connectivity index (χ0) is 22.6. The monoisotopic (exact) mass is 435 g/mol. The van der Waals surface area contributed by atoms with Crippen molar-refractivity contribution in [1.82, 2.24) is 24.9 Å². The van der Waals surface area contributed by atoms with E-state index in [0.717, 1.165) is 22.0 Å². The topological polar surface area (TPSA) is 122 Å². The average molecular weight is 435 g/mol. The van der Waals surface area contributed by atoms with Crippen LogP contribution in [0.25, 0.3) is 33.7 Å². The number of rotatable bonds is 7. The van der Waals surface area contributed by atoms with Gasteiger partial charge in [-0.2, -0.15) is 0 Å². The Morgan fingerprint density at radius 1 is 1.00 bits per heavy atom. The molecule has 0 saturated carbocycles. The number of hydrogen-bond acceptors (Lipinski definition) is 6. The van der Waals surface area contributed by atoms with Crippen LogP contribution in [0.2, 0.25) is 0 Å². The van der Waals surface area contributed by atoms with E-state index < -0.39 is 11.9 Å². The molecule has 0 aliphatic carbocycles. The van der Waals surface area contributed by atoms with Crippen LogP contribution in [0, 0.1) is 0 Å². The molecule has 0 bridgehead atoms. The number of nitrogens with zero attached hydrogens (tertiary/aromatic N) is 4. The molecule has 0 aliphatic rings. The van der Waals surface area contributed by atoms with Crippen LogP contribution >= 0.6 is 0 Å². The van der Waals surface area contributed by atoms with Crippen molar-refractivity contribution in [1.29, 1.82) is 0 Å². The second-order valence-corrected chi connectivity index (χ2v) is 7.58. The van der Waals surface area contributed by atoms with Gasteiger partial charge in [0.05, 0.1) is 5.69 Å². The van der Waals surface area contributed by atoms with Gasteiger partial charge in [-0.25, -0.2) is 9.97 Å². The van der Waals surface area contributed by atoms with Gasteiger partial charge in [0.1, 0.15) is 17.6 Å². The predicted octanol–water partition coefficient (Wildman–Crippen LogP) is 3.59. The fourth-order valence-electron chi connectivity index (χ4n) is 3.71. The quantitative estimate of drug-likeness (QED) is 0.359. The van der Waals surface area contributed by atoms with Crippen molar-refractivity contribution in [3.05, 3.63) is 91.0 Å². The molecule has 4 aromatic heterocycles. The van der Waals surface area contributed by atoms with Crippen LogP contribution in [0.3, 0.4) is 0 Å². The zero-order valence-corrected chi connectivity index (χ0v) is 17.6. The highest BCUT2D eigenvalue weighted by molar-refractivity contribution is 5.87. The van der Waals surface area contributed by atoms with E-state index in [-0.39, 0.29) is 0 Å². The number of primary amides is 1. The molecule has 8 nitrogen and oxygen atoms in total. The molecule has 162 valence electrons. The van der Waals surface area contributed by atoms with Crippen LogP contribution in [0.15, 0.2) is 85.5 Å². The van der Waals surface area contributed by atoms with Gasteiger partial charge < -0.3 is 16.0 Å². The molecule has 5 rings (SSSR count). The number of H-pyrrole nitrogens is 1. The van der Waals surface area contributed by atoms with Crippen LogP contribution in [-0.4, -0.2) is 36.9 Å². The number of aromatic nitrogens is 5. The van der Waals surface area contributed by atoms with Crippen molar-refractivity contribution in [3.63, 3.8) is 0 Å². The first-order valence-corrected chi connectivity index (χ1v) is 10.5. The lowest BCUT2D eigenvalue weighted by Gasteiger charge is -2.17. The highest BCUT2D eigenvalue weighted by Gasteiger charge is 2.20. The smallest absolute Gasteiger partial charge is 0.240 e. The third-order valence-corrected chi connectivity index (χ3v) is 5.34. The van der Waals surface area contributed by atoms with Crippen LogP contribution in [0.1, 0.15) is 5.56 Å². The summed E-state index contributed by atoms with van der Waals surface area (Å²) in [6.07, 6.45) is 7.43. The van der Waals surface area contributed by atoms with E-state index in [0.29, 0.717) is 29.5 Å². The van der Waals surface area contributed by atoms with Crippen LogP contribution in [0.4, 0.5) is 5.82 Å². The molecular weight excluding hydrogens is 414 g/mol. The highest BCUT2D eigenvalue weighted by atomic mass is 16.1. The number of fused-ring (bicyclic) bond motifs is 1. The summed E-state index contributed by atoms with van der Waals surface area (Å²) in [5.41, 5.74) is 9.88. The number of benzene rings is 1. The summed E-state index contributed by atoms with van der Waals surface area (Å²) in [5.74, 6) is 0.448. The molecule has 1 amide bonds. The standard InChI is InChI=1S/C25H21N7O/c26-24(33)22(12-17-15-29-19-8-2-1-7-18(17)19)30-23-13-21(16-6-5-10-27-14-16)31-25(32-23)20-9-3-4-11-28-20/h1-11,13-15,22,29H,12H2,(H2,26,33)(H,30,31,32). The molecule has 0 radical (unpaired) electrons. The molecule has 8 heteroatoms. The molecule has 4 heterocycles. The van der Waals surface area contributed by atoms with Gasteiger partial charge in [0.15, 0.2) is 5.82 Å². The van der Waals surface area contributed by atoms with Gasteiger partial charge in [0.2, 0.25) is 5.91 Å². The Morgan fingerprint density at radius 3 is 2.67 bits per heavy atom. The number of carbonyl (C=O) groups is 1. The molecule has 33 heavy (non-hydrogen) atoms. The molecule has 1 atom stereocenters. The summed E-state index contributed by atoms with van der Waals surface area (Å²) in [5, 5.41) is 4.27. The highest BCUT2D eigenvalue weighted by Crippen LogP contribution is 2.25. The van der Waals surface area contributed by atoms with Gasteiger partial charge in [0, 0.05) is 53.7 Å². The van der Waals surface area contributed by atoms with Crippen molar-refractivity contribution >= 4 is 22.6 Å². The lowest BCUT2D eigenvalue weighted by Crippen LogP contribution is -2.37. The maximum absolute atomic E-state index is 12.4. The minimum Gasteiger partial charge on any atom is -0.368 e. The lowest BCUT2D eigenvalue weighted by molar-refractivity contribution is -0.118. The van der Waals surface area contributed by atoms with Gasteiger partial charge in [-0.15, -0.1) is 0 Å². The maximum atomic E-state index is 12.4. The second-order valence-electron chi connectivity index (χ2n) is 7.58. The molecule has 0 fully saturated rings. The van der Waals surface area contributed by atoms with E-state index in [2.05, 4.69) is 30.2 Å². The number of aromatic amines is 1. The first-order valence-electron chi connectivity index (χ1n) is 10.5. The first-order chi connectivity index (χ1) is 16.2. The normalized spacial score (nSPS) is 11.9. The SMILES string of the molecule is NC(=O)C(Cc1c[nH]c2ccccc12)Nc1cc(-c2cccnc2)nc(-c2ccccn2)n1. The van der Waals surface area contributed by atoms with Crippen molar-refractivity contribution < 1.29 is 4.79 Å². The number of para-hydroxylation sites is 1. The van der Waals surface area contributed by atoms with E-state index in [1.807, 2.05) is 60.8 Å². The van der Waals surface area contributed by atoms with Crippen LogP contribution < -0.4 is 11.1 Å². The molecular formula is C25H21N7O. The minimum atomic E-state index is -0.669. The fourth-order valence-corrected chi connectivity index (χ4v) is 3.71. The number of nitrogens with two attached hydrogens (primary N) is 1. The number of hydrogen-bond donors (Lipinski definition) is 3. The third-order valence-electron chi connectivity index (χ3n) is 5.34. The Bertz CT molecular complexity index is 1340. The maximum Gasteiger partial charge on any atom is 0.240 e. The summed E-state index contributed by atoms with van der Waals surface area (Å²) in [7, 11) is 0. The van der Waals surface area contributed by atoms with Gasteiger partial charge in [-0.3, -0.25) is 14.8 Å². The molecule has 4 N–H and O–H groups in total. The number of carbonyl (C=O) groups excluding carboxylic acids is 1. The predicted molar refractivity (Wildman–Crippen MR) is 127 cm³/mol. The molecule has 1 aromatic carbocycles. The molecule has 5 aromatic rings. The average Bonchev–Trinajstić information content (AvgIpc) is 3.27. The van der Waals surface area contributed by atoms with E-state index in [9.17, 15) is 4.79 Å². The van der Waals surface area contributed by atoms with Gasteiger partial charge in [0.25, 0.3) is 0 Å². The largest absolute Gasteiger partial charge is 0.368 e. The van der Waals surface area contributed by atoms with Gasteiger partial charge in [-0.1, -0.05) is 24.3 Å². The Hall–Kier alpha value is -4.59. The number of pyridine rings is 2. The zero-order valence-electron chi connectivity index (χ0n) is 17.6. The van der Waals surface area contributed by atoms with Crippen LogP contribution in [0.5, 0.6) is 0 Å². The number of nitrogens with one attached hydrogen (secondary N) is 2. The lowest BCUT2D eigenvalue weighted by atomic mass is 10.0. The van der Waals surface area contributed by atoms with Crippen molar-refractivity contribution in [2.75, 3.05) is 5.32 Å². The number of amides is 1. The Morgan fingerprint density at radius 2 is 1.88 bits per heavy atom. The molecule has 0 aliphatic heterocycles. The van der Waals surface area contributed by atoms with Crippen molar-refractivity contribution in [2.45, 2.75) is 12.5 Å². The third kappa shape index (κ3) is 4.40. The second kappa shape index (κ2) is 8.88. The van der Waals surface area contributed by atoms with Gasteiger partial charge >= 0.3 is 0 Å². The fraction of sp³-hybridized carbons (Fsp3) is 0.0800. The number of anilines is 1. The molecule has 0 saturated heterocycles. The summed E-state index contributed by atoms with van der Waals surface area (Å²) in [6.45, 7) is 0. The van der Waals surface area contributed by atoms with E-state index in [1.165, 1.54) is 0 Å². The molecule has 0 spiro atoms. The minimum absolute atomic E-state index is 0.407. The van der Waals surface area contributed by atoms with E-state index in [1.54, 1.807) is 24.7 Å². The van der Waals surface area contributed by atoms with E-state index in [4.69, 9.17) is 5.73 Å². The Labute approximate surface area is 190 Å². The van der Waals surface area contributed by atoms with Gasteiger partial charge in [-0.05, 0) is 35.9 Å². The first kappa shape index (κ1) is 20.3. The van der Waals surface area contributed by atoms with E-state index >= 15 is 0 Å².